The van der Waals surface area contributed by atoms with Crippen molar-refractivity contribution < 1.29 is 18.3 Å². The summed E-state index contributed by atoms with van der Waals surface area (Å²) in [5.74, 6) is -3.77. The summed E-state index contributed by atoms with van der Waals surface area (Å²) < 4.78 is 29.9. The van der Waals surface area contributed by atoms with Crippen LogP contribution in [0, 0.1) is 5.92 Å². The van der Waals surface area contributed by atoms with E-state index in [1.807, 2.05) is 0 Å². The molecule has 0 saturated heterocycles. The molecule has 0 aromatic rings. The first kappa shape index (κ1) is 9.42. The predicted octanol–water partition coefficient (Wildman–Crippen LogP) is 1.98. The molecule has 0 heterocycles. The molecule has 70 valence electrons. The standard InChI is InChI=1S/C8H12F2O2/c1-12-7(11)6-3-2-4-8(9,10)5-6/h6H,2-5H2,1H3/t6-/m1/s1. The summed E-state index contributed by atoms with van der Waals surface area (Å²) in [5, 5.41) is 0. The van der Waals surface area contributed by atoms with Crippen LogP contribution >= 0.6 is 0 Å². The first-order chi connectivity index (χ1) is 5.55. The molecule has 12 heavy (non-hydrogen) atoms. The minimum atomic E-state index is -2.67. The Labute approximate surface area is 69.9 Å². The number of halogens is 2. The number of methoxy groups -OCH3 is 1. The van der Waals surface area contributed by atoms with E-state index in [-0.39, 0.29) is 12.8 Å². The van der Waals surface area contributed by atoms with Crippen molar-refractivity contribution in [3.8, 4) is 0 Å². The van der Waals surface area contributed by atoms with E-state index in [1.165, 1.54) is 7.11 Å². The molecule has 4 heteroatoms. The molecule has 0 aromatic carbocycles. The Morgan fingerprint density at radius 1 is 1.58 bits per heavy atom. The summed E-state index contributed by atoms with van der Waals surface area (Å²) in [7, 11) is 1.23. The third-order valence-corrected chi connectivity index (χ3v) is 2.17. The highest BCUT2D eigenvalue weighted by atomic mass is 19.3. The average Bonchev–Trinajstić information content (AvgIpc) is 2.01. The van der Waals surface area contributed by atoms with Gasteiger partial charge in [-0.3, -0.25) is 4.79 Å². The molecule has 0 unspecified atom stereocenters. The molecule has 0 aliphatic heterocycles. The second-order valence-electron chi connectivity index (χ2n) is 3.17. The summed E-state index contributed by atoms with van der Waals surface area (Å²) in [6.07, 6.45) is 0.495. The van der Waals surface area contributed by atoms with E-state index in [2.05, 4.69) is 4.74 Å². The lowest BCUT2D eigenvalue weighted by atomic mass is 9.87. The van der Waals surface area contributed by atoms with E-state index in [0.717, 1.165) is 0 Å². The fraction of sp³-hybridized carbons (Fsp3) is 0.875. The first-order valence-corrected chi connectivity index (χ1v) is 4.01. The van der Waals surface area contributed by atoms with E-state index >= 15 is 0 Å². The molecule has 0 N–H and O–H groups in total. The molecule has 1 atom stereocenters. The van der Waals surface area contributed by atoms with Crippen molar-refractivity contribution in [1.29, 1.82) is 0 Å². The third-order valence-electron chi connectivity index (χ3n) is 2.17. The highest BCUT2D eigenvalue weighted by Crippen LogP contribution is 2.36. The van der Waals surface area contributed by atoms with E-state index < -0.39 is 17.8 Å². The second kappa shape index (κ2) is 3.37. The molecule has 0 radical (unpaired) electrons. The van der Waals surface area contributed by atoms with Crippen LogP contribution in [0.5, 0.6) is 0 Å². The van der Waals surface area contributed by atoms with Crippen LogP contribution in [-0.4, -0.2) is 19.0 Å². The predicted molar refractivity (Wildman–Crippen MR) is 38.9 cm³/mol. The van der Waals surface area contributed by atoms with Gasteiger partial charge >= 0.3 is 5.97 Å². The van der Waals surface area contributed by atoms with Crippen molar-refractivity contribution >= 4 is 5.97 Å². The molecule has 1 aliphatic carbocycles. The molecular formula is C8H12F2O2. The van der Waals surface area contributed by atoms with Gasteiger partial charge in [0.2, 0.25) is 5.92 Å². The van der Waals surface area contributed by atoms with Crippen LogP contribution in [0.15, 0.2) is 0 Å². The molecule has 1 fully saturated rings. The highest BCUT2D eigenvalue weighted by Gasteiger charge is 2.39. The van der Waals surface area contributed by atoms with Gasteiger partial charge in [-0.05, 0) is 12.8 Å². The summed E-state index contributed by atoms with van der Waals surface area (Å²) in [6, 6.07) is 0. The molecule has 0 bridgehead atoms. The van der Waals surface area contributed by atoms with Gasteiger partial charge in [0.25, 0.3) is 0 Å². The maximum absolute atomic E-state index is 12.7. The number of hydrogen-bond donors (Lipinski definition) is 0. The molecule has 1 saturated carbocycles. The molecule has 0 amide bonds. The number of alkyl halides is 2. The van der Waals surface area contributed by atoms with Gasteiger partial charge < -0.3 is 4.74 Å². The van der Waals surface area contributed by atoms with Gasteiger partial charge in [-0.2, -0.15) is 0 Å². The molecular weight excluding hydrogens is 166 g/mol. The zero-order valence-electron chi connectivity index (χ0n) is 6.98. The number of hydrogen-bond acceptors (Lipinski definition) is 2. The van der Waals surface area contributed by atoms with E-state index in [4.69, 9.17) is 0 Å². The molecule has 1 aliphatic rings. The number of rotatable bonds is 1. The van der Waals surface area contributed by atoms with Crippen molar-refractivity contribution in [3.63, 3.8) is 0 Å². The summed E-state index contributed by atoms with van der Waals surface area (Å²) >= 11 is 0. The third kappa shape index (κ3) is 2.16. The van der Waals surface area contributed by atoms with Crippen LogP contribution in [0.25, 0.3) is 0 Å². The Kier molecular flexibility index (Phi) is 2.65. The zero-order chi connectivity index (χ0) is 9.19. The normalized spacial score (nSPS) is 28.1. The largest absolute Gasteiger partial charge is 0.469 e. The second-order valence-corrected chi connectivity index (χ2v) is 3.17. The Balaban J connectivity index is 2.52. The lowest BCUT2D eigenvalue weighted by Crippen LogP contribution is -2.31. The lowest BCUT2D eigenvalue weighted by molar-refractivity contribution is -0.152. The number of carbonyl (C=O) groups is 1. The van der Waals surface area contributed by atoms with Gasteiger partial charge in [0, 0.05) is 12.8 Å². The SMILES string of the molecule is COC(=O)[C@@H]1CCCC(F)(F)C1. The van der Waals surface area contributed by atoms with Crippen molar-refractivity contribution in [2.75, 3.05) is 7.11 Å². The van der Waals surface area contributed by atoms with Crippen LogP contribution in [0.1, 0.15) is 25.7 Å². The maximum atomic E-state index is 12.7. The van der Waals surface area contributed by atoms with Gasteiger partial charge in [-0.1, -0.05) is 0 Å². The zero-order valence-corrected chi connectivity index (χ0v) is 6.98. The fourth-order valence-corrected chi connectivity index (χ4v) is 1.54. The van der Waals surface area contributed by atoms with Crippen molar-refractivity contribution in [2.24, 2.45) is 5.92 Å². The molecule has 0 aromatic heterocycles. The van der Waals surface area contributed by atoms with Gasteiger partial charge in [0.05, 0.1) is 13.0 Å². The van der Waals surface area contributed by atoms with Gasteiger partial charge in [-0.15, -0.1) is 0 Å². The smallest absolute Gasteiger partial charge is 0.308 e. The van der Waals surface area contributed by atoms with Gasteiger partial charge in [0.15, 0.2) is 0 Å². The van der Waals surface area contributed by atoms with E-state index in [9.17, 15) is 13.6 Å². The monoisotopic (exact) mass is 178 g/mol. The Morgan fingerprint density at radius 2 is 2.25 bits per heavy atom. The van der Waals surface area contributed by atoms with E-state index in [1.54, 1.807) is 0 Å². The summed E-state index contributed by atoms with van der Waals surface area (Å²) in [5.41, 5.74) is 0. The molecule has 1 rings (SSSR count). The maximum Gasteiger partial charge on any atom is 0.308 e. The van der Waals surface area contributed by atoms with Crippen LogP contribution in [0.3, 0.4) is 0 Å². The molecule has 0 spiro atoms. The van der Waals surface area contributed by atoms with Crippen molar-refractivity contribution in [3.05, 3.63) is 0 Å². The van der Waals surface area contributed by atoms with Crippen LogP contribution < -0.4 is 0 Å². The Morgan fingerprint density at radius 3 is 2.75 bits per heavy atom. The minimum Gasteiger partial charge on any atom is -0.469 e. The molecule has 2 nitrogen and oxygen atoms in total. The Bertz CT molecular complexity index is 180. The Hall–Kier alpha value is -0.670. The van der Waals surface area contributed by atoms with Crippen molar-refractivity contribution in [2.45, 2.75) is 31.6 Å². The van der Waals surface area contributed by atoms with Crippen LogP contribution in [-0.2, 0) is 9.53 Å². The van der Waals surface area contributed by atoms with E-state index in [0.29, 0.717) is 12.8 Å². The summed E-state index contributed by atoms with van der Waals surface area (Å²) in [6.45, 7) is 0. The highest BCUT2D eigenvalue weighted by molar-refractivity contribution is 5.72. The fourth-order valence-electron chi connectivity index (χ4n) is 1.54. The van der Waals surface area contributed by atoms with Crippen LogP contribution in [0.2, 0.25) is 0 Å². The van der Waals surface area contributed by atoms with Crippen molar-refractivity contribution in [1.82, 2.24) is 0 Å². The quantitative estimate of drug-likeness (QED) is 0.574. The van der Waals surface area contributed by atoms with Crippen LogP contribution in [0.4, 0.5) is 8.78 Å². The lowest BCUT2D eigenvalue weighted by Gasteiger charge is -2.26. The number of carbonyl (C=O) groups excluding carboxylic acids is 1. The van der Waals surface area contributed by atoms with Gasteiger partial charge in [-0.25, -0.2) is 8.78 Å². The minimum absolute atomic E-state index is 0.0967. The average molecular weight is 178 g/mol. The number of esters is 1. The number of ether oxygens (including phenoxy) is 1. The van der Waals surface area contributed by atoms with Gasteiger partial charge in [0.1, 0.15) is 0 Å². The summed E-state index contributed by atoms with van der Waals surface area (Å²) in [4.78, 5) is 10.9. The first-order valence-electron chi connectivity index (χ1n) is 4.01. The topological polar surface area (TPSA) is 26.3 Å².